The third kappa shape index (κ3) is 4.08. The highest BCUT2D eigenvalue weighted by atomic mass is 32.2. The molecule has 5 rings (SSSR count). The van der Waals surface area contributed by atoms with Crippen molar-refractivity contribution in [1.82, 2.24) is 14.5 Å². The lowest BCUT2D eigenvalue weighted by Gasteiger charge is -2.30. The number of benzene rings is 2. The van der Waals surface area contributed by atoms with Crippen molar-refractivity contribution in [2.45, 2.75) is 37.5 Å². The molecule has 3 heterocycles. The first kappa shape index (κ1) is 20.9. The molecule has 0 fully saturated rings. The van der Waals surface area contributed by atoms with Gasteiger partial charge in [-0.15, -0.1) is 0 Å². The van der Waals surface area contributed by atoms with Gasteiger partial charge in [0.05, 0.1) is 10.5 Å². The van der Waals surface area contributed by atoms with Gasteiger partial charge in [0.1, 0.15) is 0 Å². The second-order valence-electron chi connectivity index (χ2n) is 8.58. The van der Waals surface area contributed by atoms with Crippen LogP contribution in [0.5, 0.6) is 0 Å². The molecule has 166 valence electrons. The van der Waals surface area contributed by atoms with Crippen molar-refractivity contribution in [2.24, 2.45) is 0 Å². The largest absolute Gasteiger partial charge is 0.336 e. The molecule has 3 aromatic rings. The number of hydrogen-bond donors (Lipinski definition) is 0. The summed E-state index contributed by atoms with van der Waals surface area (Å²) in [6.07, 6.45) is 2.04. The maximum atomic E-state index is 12.9. The van der Waals surface area contributed by atoms with Gasteiger partial charge in [0.15, 0.2) is 9.84 Å². The van der Waals surface area contributed by atoms with Crippen LogP contribution in [0, 0.1) is 0 Å². The zero-order valence-corrected chi connectivity index (χ0v) is 18.9. The Balaban J connectivity index is 1.36. The molecule has 0 spiro atoms. The molecule has 7 nitrogen and oxygen atoms in total. The lowest BCUT2D eigenvalue weighted by atomic mass is 10.1. The smallest absolute Gasteiger partial charge is 0.279 e. The van der Waals surface area contributed by atoms with E-state index < -0.39 is 9.84 Å². The second kappa shape index (κ2) is 8.18. The van der Waals surface area contributed by atoms with Crippen molar-refractivity contribution in [2.75, 3.05) is 24.2 Å². The molecule has 0 bridgehead atoms. The minimum absolute atomic E-state index is 0.136. The summed E-state index contributed by atoms with van der Waals surface area (Å²) in [5.41, 5.74) is 4.03. The standard InChI is InChI=1S/C24H26N4O3S/c1-32(30,31)20-9-7-19(8-10-20)16-27-13-14-28-22-11-12-26(15-18-5-3-2-4-6-18)17-21(22)23(29)25-24(27)28/h2-10H,11-17H2,1H3. The number of aromatic nitrogens is 2. The van der Waals surface area contributed by atoms with Crippen LogP contribution in [0.25, 0.3) is 0 Å². The highest BCUT2D eigenvalue weighted by Crippen LogP contribution is 2.27. The van der Waals surface area contributed by atoms with Gasteiger partial charge in [0, 0.05) is 57.6 Å². The molecule has 0 saturated heterocycles. The Morgan fingerprint density at radius 1 is 0.906 bits per heavy atom. The molecule has 8 heteroatoms. The molecular formula is C24H26N4O3S. The SMILES string of the molecule is CS(=O)(=O)c1ccc(CN2CCn3c2nc(=O)c2c3CCN(Cc3ccccc3)C2)cc1. The van der Waals surface area contributed by atoms with Gasteiger partial charge in [-0.1, -0.05) is 42.5 Å². The van der Waals surface area contributed by atoms with E-state index in [9.17, 15) is 13.2 Å². The number of anilines is 1. The van der Waals surface area contributed by atoms with Gasteiger partial charge < -0.3 is 9.47 Å². The molecular weight excluding hydrogens is 424 g/mol. The fourth-order valence-electron chi connectivity index (χ4n) is 4.62. The highest BCUT2D eigenvalue weighted by Gasteiger charge is 2.29. The van der Waals surface area contributed by atoms with Crippen LogP contribution >= 0.6 is 0 Å². The van der Waals surface area contributed by atoms with E-state index in [0.717, 1.165) is 55.4 Å². The Hall–Kier alpha value is -2.97. The van der Waals surface area contributed by atoms with Crippen molar-refractivity contribution < 1.29 is 8.42 Å². The topological polar surface area (TPSA) is 75.5 Å². The van der Waals surface area contributed by atoms with Crippen LogP contribution in [0.2, 0.25) is 0 Å². The number of fused-ring (bicyclic) bond motifs is 3. The summed E-state index contributed by atoms with van der Waals surface area (Å²) in [4.78, 5) is 22.1. The Morgan fingerprint density at radius 2 is 1.62 bits per heavy atom. The van der Waals surface area contributed by atoms with Crippen LogP contribution in [0.15, 0.2) is 64.3 Å². The third-order valence-electron chi connectivity index (χ3n) is 6.27. The minimum Gasteiger partial charge on any atom is -0.336 e. The van der Waals surface area contributed by atoms with Gasteiger partial charge in [-0.25, -0.2) is 8.42 Å². The van der Waals surface area contributed by atoms with Gasteiger partial charge >= 0.3 is 0 Å². The number of hydrogen-bond acceptors (Lipinski definition) is 6. The zero-order chi connectivity index (χ0) is 22.3. The lowest BCUT2D eigenvalue weighted by molar-refractivity contribution is 0.239. The van der Waals surface area contributed by atoms with Gasteiger partial charge in [-0.2, -0.15) is 4.98 Å². The fourth-order valence-corrected chi connectivity index (χ4v) is 5.25. The van der Waals surface area contributed by atoms with Gasteiger partial charge in [0.2, 0.25) is 5.95 Å². The van der Waals surface area contributed by atoms with E-state index in [4.69, 9.17) is 0 Å². The molecule has 0 amide bonds. The minimum atomic E-state index is -3.21. The molecule has 0 aliphatic carbocycles. The average molecular weight is 451 g/mol. The predicted octanol–water partition coefficient (Wildman–Crippen LogP) is 2.23. The predicted molar refractivity (Wildman–Crippen MR) is 123 cm³/mol. The first-order chi connectivity index (χ1) is 15.4. The molecule has 2 aliphatic heterocycles. The summed E-state index contributed by atoms with van der Waals surface area (Å²) in [5, 5.41) is 0. The molecule has 0 saturated carbocycles. The average Bonchev–Trinajstić information content (AvgIpc) is 3.17. The summed E-state index contributed by atoms with van der Waals surface area (Å²) < 4.78 is 25.6. The van der Waals surface area contributed by atoms with Crippen LogP contribution in [-0.2, 0) is 42.4 Å². The Bertz CT molecular complexity index is 1300. The first-order valence-corrected chi connectivity index (χ1v) is 12.7. The van der Waals surface area contributed by atoms with E-state index in [1.807, 2.05) is 30.3 Å². The van der Waals surface area contributed by atoms with E-state index in [-0.39, 0.29) is 5.56 Å². The van der Waals surface area contributed by atoms with E-state index in [2.05, 4.69) is 31.5 Å². The molecule has 1 aromatic heterocycles. The van der Waals surface area contributed by atoms with Crippen LogP contribution in [0.3, 0.4) is 0 Å². The van der Waals surface area contributed by atoms with Crippen molar-refractivity contribution in [3.63, 3.8) is 0 Å². The second-order valence-corrected chi connectivity index (χ2v) is 10.6. The number of nitrogens with zero attached hydrogens (tertiary/aromatic N) is 4. The fraction of sp³-hybridized carbons (Fsp3) is 0.333. The third-order valence-corrected chi connectivity index (χ3v) is 7.40. The number of rotatable bonds is 5. The summed E-state index contributed by atoms with van der Waals surface area (Å²) in [7, 11) is -3.21. The van der Waals surface area contributed by atoms with Crippen LogP contribution in [0.1, 0.15) is 22.4 Å². The molecule has 32 heavy (non-hydrogen) atoms. The lowest BCUT2D eigenvalue weighted by Crippen LogP contribution is -2.37. The van der Waals surface area contributed by atoms with Crippen LogP contribution in [-0.4, -0.2) is 42.2 Å². The van der Waals surface area contributed by atoms with E-state index in [0.29, 0.717) is 18.0 Å². The van der Waals surface area contributed by atoms with Crippen molar-refractivity contribution in [3.05, 3.63) is 87.3 Å². The van der Waals surface area contributed by atoms with Gasteiger partial charge in [-0.05, 0) is 23.3 Å². The van der Waals surface area contributed by atoms with Crippen LogP contribution in [0.4, 0.5) is 5.95 Å². The molecule has 0 unspecified atom stereocenters. The monoisotopic (exact) mass is 450 g/mol. The summed E-state index contributed by atoms with van der Waals surface area (Å²) in [6.45, 7) is 4.56. The molecule has 0 N–H and O–H groups in total. The van der Waals surface area contributed by atoms with Crippen molar-refractivity contribution >= 4 is 15.8 Å². The maximum absolute atomic E-state index is 12.9. The zero-order valence-electron chi connectivity index (χ0n) is 18.1. The maximum Gasteiger partial charge on any atom is 0.279 e. The number of sulfone groups is 1. The Labute approximate surface area is 187 Å². The highest BCUT2D eigenvalue weighted by molar-refractivity contribution is 7.90. The summed E-state index contributed by atoms with van der Waals surface area (Å²) in [6, 6.07) is 17.3. The van der Waals surface area contributed by atoms with E-state index >= 15 is 0 Å². The Morgan fingerprint density at radius 3 is 2.34 bits per heavy atom. The Kier molecular flexibility index (Phi) is 5.35. The van der Waals surface area contributed by atoms with E-state index in [1.165, 1.54) is 11.8 Å². The quantitative estimate of drug-likeness (QED) is 0.593. The van der Waals surface area contributed by atoms with Crippen LogP contribution < -0.4 is 10.5 Å². The molecule has 0 radical (unpaired) electrons. The first-order valence-electron chi connectivity index (χ1n) is 10.8. The van der Waals surface area contributed by atoms with Gasteiger partial charge in [-0.3, -0.25) is 9.69 Å². The molecule has 2 aliphatic rings. The summed E-state index contributed by atoms with van der Waals surface area (Å²) in [5.74, 6) is 0.720. The van der Waals surface area contributed by atoms with E-state index in [1.54, 1.807) is 12.1 Å². The van der Waals surface area contributed by atoms with Crippen molar-refractivity contribution in [3.8, 4) is 0 Å². The summed E-state index contributed by atoms with van der Waals surface area (Å²) >= 11 is 0. The van der Waals surface area contributed by atoms with Crippen molar-refractivity contribution in [1.29, 1.82) is 0 Å². The van der Waals surface area contributed by atoms with Gasteiger partial charge in [0.25, 0.3) is 5.56 Å². The normalized spacial score (nSPS) is 16.1. The molecule has 0 atom stereocenters. The molecule has 2 aromatic carbocycles.